The molecule has 0 fully saturated rings. The van der Waals surface area contributed by atoms with Crippen molar-refractivity contribution >= 4 is 27.3 Å². The normalized spacial score (nSPS) is 10.8. The summed E-state index contributed by atoms with van der Waals surface area (Å²) in [5.74, 6) is 0.881. The number of halogens is 1. The molecule has 2 aromatic rings. The van der Waals surface area contributed by atoms with Gasteiger partial charge in [-0.3, -0.25) is 0 Å². The molecule has 0 saturated carbocycles. The Morgan fingerprint density at radius 3 is 2.80 bits per heavy atom. The minimum Gasteiger partial charge on any atom is -0.486 e. The summed E-state index contributed by atoms with van der Waals surface area (Å²) in [6.45, 7) is 8.54. The largest absolute Gasteiger partial charge is 0.486 e. The molecule has 1 heterocycles. The number of thiazole rings is 1. The maximum Gasteiger partial charge on any atom is 0.140 e. The van der Waals surface area contributed by atoms with Crippen molar-refractivity contribution in [3.05, 3.63) is 43.8 Å². The standard InChI is InChI=1S/C15H19BrN2OS/c1-4-17-8-12-7-13(5-6-14(12)16)19-9-15-18-10(2)11(3)20-15/h5-7,17H,4,8-9H2,1-3H3. The molecule has 0 unspecified atom stereocenters. The maximum atomic E-state index is 5.84. The molecule has 0 spiro atoms. The van der Waals surface area contributed by atoms with Crippen LogP contribution in [0.25, 0.3) is 0 Å². The van der Waals surface area contributed by atoms with Gasteiger partial charge in [-0.15, -0.1) is 11.3 Å². The molecule has 20 heavy (non-hydrogen) atoms. The topological polar surface area (TPSA) is 34.1 Å². The third kappa shape index (κ3) is 4.04. The van der Waals surface area contributed by atoms with Crippen LogP contribution in [0.1, 0.15) is 28.1 Å². The number of aromatic nitrogens is 1. The van der Waals surface area contributed by atoms with Gasteiger partial charge in [-0.05, 0) is 44.2 Å². The molecule has 2 rings (SSSR count). The van der Waals surface area contributed by atoms with Gasteiger partial charge in [0.25, 0.3) is 0 Å². The lowest BCUT2D eigenvalue weighted by Gasteiger charge is -2.09. The fraction of sp³-hybridized carbons (Fsp3) is 0.400. The van der Waals surface area contributed by atoms with Gasteiger partial charge in [0.2, 0.25) is 0 Å². The summed E-state index contributed by atoms with van der Waals surface area (Å²) in [5, 5.41) is 4.35. The van der Waals surface area contributed by atoms with E-state index in [1.807, 2.05) is 19.1 Å². The van der Waals surface area contributed by atoms with Gasteiger partial charge in [-0.25, -0.2) is 4.98 Å². The Balaban J connectivity index is 2.02. The molecule has 1 N–H and O–H groups in total. The second-order valence-corrected chi connectivity index (χ2v) is 6.71. The average molecular weight is 355 g/mol. The molecule has 0 saturated heterocycles. The molecule has 0 atom stereocenters. The first-order valence-electron chi connectivity index (χ1n) is 6.65. The van der Waals surface area contributed by atoms with Crippen LogP contribution in [0.2, 0.25) is 0 Å². The predicted octanol–water partition coefficient (Wildman–Crippen LogP) is 4.21. The van der Waals surface area contributed by atoms with Gasteiger partial charge in [0.05, 0.1) is 5.69 Å². The van der Waals surface area contributed by atoms with Crippen LogP contribution in [0.5, 0.6) is 5.75 Å². The minimum atomic E-state index is 0.529. The van der Waals surface area contributed by atoms with Crippen molar-refractivity contribution in [3.63, 3.8) is 0 Å². The Morgan fingerprint density at radius 1 is 1.35 bits per heavy atom. The zero-order valence-corrected chi connectivity index (χ0v) is 14.4. The number of rotatable bonds is 6. The van der Waals surface area contributed by atoms with Crippen molar-refractivity contribution in [3.8, 4) is 5.75 Å². The molecule has 0 aliphatic rings. The molecule has 0 bridgehead atoms. The van der Waals surface area contributed by atoms with Crippen LogP contribution in [0.15, 0.2) is 22.7 Å². The van der Waals surface area contributed by atoms with E-state index in [0.29, 0.717) is 6.61 Å². The second kappa shape index (κ2) is 7.20. The predicted molar refractivity (Wildman–Crippen MR) is 87.4 cm³/mol. The molecule has 5 heteroatoms. The Labute approximate surface area is 132 Å². The zero-order chi connectivity index (χ0) is 14.5. The van der Waals surface area contributed by atoms with E-state index in [0.717, 1.165) is 34.0 Å². The Hall–Kier alpha value is -0.910. The van der Waals surface area contributed by atoms with E-state index in [1.165, 1.54) is 10.4 Å². The van der Waals surface area contributed by atoms with Crippen molar-refractivity contribution in [1.29, 1.82) is 0 Å². The number of hydrogen-bond acceptors (Lipinski definition) is 4. The second-order valence-electron chi connectivity index (χ2n) is 4.57. The number of ether oxygens (including phenoxy) is 1. The lowest BCUT2D eigenvalue weighted by atomic mass is 10.2. The van der Waals surface area contributed by atoms with E-state index in [4.69, 9.17) is 4.74 Å². The Kier molecular flexibility index (Phi) is 5.57. The minimum absolute atomic E-state index is 0.529. The molecular weight excluding hydrogens is 336 g/mol. The Bertz CT molecular complexity index is 564. The zero-order valence-electron chi connectivity index (χ0n) is 12.0. The molecule has 108 valence electrons. The average Bonchev–Trinajstić information content (AvgIpc) is 2.75. The number of nitrogens with zero attached hydrogens (tertiary/aromatic N) is 1. The van der Waals surface area contributed by atoms with Gasteiger partial charge in [-0.2, -0.15) is 0 Å². The van der Waals surface area contributed by atoms with E-state index in [-0.39, 0.29) is 0 Å². The molecule has 0 amide bonds. The summed E-state index contributed by atoms with van der Waals surface area (Å²) < 4.78 is 6.94. The van der Waals surface area contributed by atoms with Crippen LogP contribution in [0, 0.1) is 13.8 Å². The maximum absolute atomic E-state index is 5.84. The van der Waals surface area contributed by atoms with Gasteiger partial charge in [0.15, 0.2) is 0 Å². The fourth-order valence-electron chi connectivity index (χ4n) is 1.78. The smallest absolute Gasteiger partial charge is 0.140 e. The summed E-state index contributed by atoms with van der Waals surface area (Å²) in [6.07, 6.45) is 0. The highest BCUT2D eigenvalue weighted by molar-refractivity contribution is 9.10. The Morgan fingerprint density at radius 2 is 2.15 bits per heavy atom. The summed E-state index contributed by atoms with van der Waals surface area (Å²) in [4.78, 5) is 5.74. The van der Waals surface area contributed by atoms with Crippen LogP contribution >= 0.6 is 27.3 Å². The lowest BCUT2D eigenvalue weighted by molar-refractivity contribution is 0.305. The SMILES string of the molecule is CCNCc1cc(OCc2nc(C)c(C)s2)ccc1Br. The summed E-state index contributed by atoms with van der Waals surface area (Å²) in [7, 11) is 0. The first-order valence-corrected chi connectivity index (χ1v) is 8.26. The highest BCUT2D eigenvalue weighted by Crippen LogP contribution is 2.24. The number of benzene rings is 1. The van der Waals surface area contributed by atoms with Gasteiger partial charge >= 0.3 is 0 Å². The van der Waals surface area contributed by atoms with Gasteiger partial charge < -0.3 is 10.1 Å². The van der Waals surface area contributed by atoms with E-state index >= 15 is 0 Å². The third-order valence-corrected chi connectivity index (χ3v) is 4.84. The summed E-state index contributed by atoms with van der Waals surface area (Å²) in [6, 6.07) is 6.08. The third-order valence-electron chi connectivity index (χ3n) is 3.02. The molecule has 0 aliphatic carbocycles. The van der Waals surface area contributed by atoms with E-state index in [1.54, 1.807) is 11.3 Å². The number of aryl methyl sites for hydroxylation is 2. The van der Waals surface area contributed by atoms with Gasteiger partial charge in [0, 0.05) is 15.9 Å². The molecule has 1 aromatic heterocycles. The molecule has 0 radical (unpaired) electrons. The van der Waals surface area contributed by atoms with Crippen LogP contribution in [0.4, 0.5) is 0 Å². The van der Waals surface area contributed by atoms with E-state index in [2.05, 4.69) is 46.1 Å². The highest BCUT2D eigenvalue weighted by Gasteiger charge is 2.06. The van der Waals surface area contributed by atoms with Crippen molar-refractivity contribution in [2.45, 2.75) is 33.9 Å². The first-order chi connectivity index (χ1) is 9.60. The molecular formula is C15H19BrN2OS. The summed E-state index contributed by atoms with van der Waals surface area (Å²) in [5.41, 5.74) is 2.30. The van der Waals surface area contributed by atoms with Crippen LogP contribution in [-0.4, -0.2) is 11.5 Å². The number of hydrogen-bond donors (Lipinski definition) is 1. The van der Waals surface area contributed by atoms with Crippen molar-refractivity contribution in [1.82, 2.24) is 10.3 Å². The summed E-state index contributed by atoms with van der Waals surface area (Å²) >= 11 is 5.26. The van der Waals surface area contributed by atoms with E-state index < -0.39 is 0 Å². The van der Waals surface area contributed by atoms with Gasteiger partial charge in [0.1, 0.15) is 17.4 Å². The first kappa shape index (κ1) is 15.5. The van der Waals surface area contributed by atoms with Crippen molar-refractivity contribution in [2.75, 3.05) is 6.54 Å². The fourth-order valence-corrected chi connectivity index (χ4v) is 3.02. The highest BCUT2D eigenvalue weighted by atomic mass is 79.9. The van der Waals surface area contributed by atoms with Crippen LogP contribution < -0.4 is 10.1 Å². The van der Waals surface area contributed by atoms with Crippen molar-refractivity contribution < 1.29 is 4.74 Å². The van der Waals surface area contributed by atoms with Crippen molar-refractivity contribution in [2.24, 2.45) is 0 Å². The van der Waals surface area contributed by atoms with E-state index in [9.17, 15) is 0 Å². The van der Waals surface area contributed by atoms with Gasteiger partial charge in [-0.1, -0.05) is 22.9 Å². The van der Waals surface area contributed by atoms with Crippen LogP contribution in [0.3, 0.4) is 0 Å². The quantitative estimate of drug-likeness (QED) is 0.843. The lowest BCUT2D eigenvalue weighted by Crippen LogP contribution is -2.12. The monoisotopic (exact) mass is 354 g/mol. The van der Waals surface area contributed by atoms with Crippen LogP contribution in [-0.2, 0) is 13.2 Å². The molecule has 3 nitrogen and oxygen atoms in total. The molecule has 0 aliphatic heterocycles. The number of nitrogens with one attached hydrogen (secondary N) is 1. The molecule has 1 aromatic carbocycles.